The highest BCUT2D eigenvalue weighted by atomic mass is 19.1. The molecule has 9 rings (SSSR count). The van der Waals surface area contributed by atoms with Crippen LogP contribution in [0, 0.1) is 37.1 Å². The van der Waals surface area contributed by atoms with Crippen molar-refractivity contribution >= 4 is 0 Å². The summed E-state index contributed by atoms with van der Waals surface area (Å²) >= 11 is 0. The second-order valence-corrected chi connectivity index (χ2v) is 14.4. The second-order valence-electron chi connectivity index (χ2n) is 14.4. The summed E-state index contributed by atoms with van der Waals surface area (Å²) in [6.07, 6.45) is 17.4. The van der Waals surface area contributed by atoms with E-state index in [2.05, 4.69) is 39.8 Å². The molecule has 4 heterocycles. The predicted molar refractivity (Wildman–Crippen MR) is 191 cm³/mol. The van der Waals surface area contributed by atoms with Gasteiger partial charge in [-0.15, -0.1) is 9.13 Å². The number of nitrogens with zero attached hydrogens (tertiary/aromatic N) is 2. The number of benzene rings is 3. The lowest BCUT2D eigenvalue weighted by Gasteiger charge is -2.19. The van der Waals surface area contributed by atoms with Crippen LogP contribution in [0.1, 0.15) is 112 Å². The summed E-state index contributed by atoms with van der Waals surface area (Å²) in [6.45, 7) is 8.47. The average molecular weight is 679 g/mol. The van der Waals surface area contributed by atoms with Crippen LogP contribution < -0.4 is 9.13 Å². The van der Waals surface area contributed by atoms with Crippen molar-refractivity contribution in [3.8, 4) is 33.6 Å². The summed E-state index contributed by atoms with van der Waals surface area (Å²) in [4.78, 5) is 0. The van der Waals surface area contributed by atoms with Gasteiger partial charge in [0.05, 0.1) is 0 Å². The quantitative estimate of drug-likeness (QED) is 0.127. The zero-order valence-electron chi connectivity index (χ0n) is 29.6. The van der Waals surface area contributed by atoms with E-state index in [1.54, 1.807) is 29.0 Å². The molecule has 2 saturated carbocycles. The maximum Gasteiger partial charge on any atom is 0.418 e. The number of aromatic nitrogens is 2. The number of pyridine rings is 2. The van der Waals surface area contributed by atoms with Crippen LogP contribution in [0.4, 0.5) is 17.6 Å². The monoisotopic (exact) mass is 678 g/mol. The molecule has 0 N–H and O–H groups in total. The Morgan fingerprint density at radius 1 is 0.620 bits per heavy atom. The van der Waals surface area contributed by atoms with Crippen molar-refractivity contribution < 1.29 is 26.7 Å². The Bertz CT molecular complexity index is 2030. The van der Waals surface area contributed by atoms with Crippen LogP contribution in [0.15, 0.2) is 79.1 Å². The van der Waals surface area contributed by atoms with Crippen molar-refractivity contribution in [2.45, 2.75) is 103 Å². The third-order valence-electron chi connectivity index (χ3n) is 10.8. The number of hydrogen-bond acceptors (Lipinski definition) is 0. The molecule has 2 aliphatic carbocycles. The lowest BCUT2D eigenvalue weighted by Crippen LogP contribution is -2.71. The number of rotatable bonds is 2. The first-order chi connectivity index (χ1) is 24.2. The summed E-state index contributed by atoms with van der Waals surface area (Å²) < 4.78 is 65.0. The molecule has 0 amide bonds. The van der Waals surface area contributed by atoms with Gasteiger partial charge in [0.15, 0.2) is 12.4 Å². The van der Waals surface area contributed by atoms with Crippen molar-refractivity contribution in [2.24, 2.45) is 0 Å². The molecule has 1 unspecified atom stereocenters. The first kappa shape index (κ1) is 34.1. The standard InChI is InChI=1S/C36H28F4N2.C5H10.C3H8/c1-20-13-24(22-7-3-4-8-22)14-21(2)33(20)23-10-11-32-35-28(16-26(38)18-30(35)40)36(42(32)19-23)27-15-25(37)17-29(39)34(27)31-9-5-6-12-41(31)36;1-2-4-5-3-1;1-3-2/h5-6,9-19,22H,3-4,7-8H2,1-2H3;1-5H2;3H2,1-2H3/q+2;;. The number of aryl methyl sites for hydroxylation is 2. The highest BCUT2D eigenvalue weighted by Crippen LogP contribution is 2.49. The molecule has 2 nitrogen and oxygen atoms in total. The Hall–Kier alpha value is -4.32. The maximum atomic E-state index is 15.7. The highest BCUT2D eigenvalue weighted by Gasteiger charge is 2.68. The van der Waals surface area contributed by atoms with Gasteiger partial charge in [0.25, 0.3) is 0 Å². The van der Waals surface area contributed by atoms with Gasteiger partial charge in [0, 0.05) is 35.9 Å². The Morgan fingerprint density at radius 3 is 1.68 bits per heavy atom. The minimum absolute atomic E-state index is 0.214. The molecule has 1 spiro atoms. The molecule has 0 saturated heterocycles. The van der Waals surface area contributed by atoms with E-state index < -0.39 is 28.9 Å². The SMILES string of the molecule is C1CCCC1.CCC.Cc1cc(C2CCCC2)cc(C)c1-c1ccc2[n+](c1)C1(c3cc(F)cc(F)c3-c3cccc[n+]31)c1cc(F)cc(F)c1-2. The fourth-order valence-corrected chi connectivity index (χ4v) is 8.88. The Morgan fingerprint density at radius 2 is 1.14 bits per heavy atom. The lowest BCUT2D eigenvalue weighted by molar-refractivity contribution is -0.955. The van der Waals surface area contributed by atoms with E-state index in [1.807, 2.05) is 22.9 Å². The van der Waals surface area contributed by atoms with Crippen LogP contribution >= 0.6 is 0 Å². The number of halogens is 4. The molecule has 1 atom stereocenters. The van der Waals surface area contributed by atoms with E-state index >= 15 is 17.6 Å². The molecule has 2 fully saturated rings. The maximum absolute atomic E-state index is 15.7. The van der Waals surface area contributed by atoms with Gasteiger partial charge in [-0.05, 0) is 79.1 Å². The molecule has 0 radical (unpaired) electrons. The third-order valence-corrected chi connectivity index (χ3v) is 10.8. The van der Waals surface area contributed by atoms with Gasteiger partial charge < -0.3 is 0 Å². The van der Waals surface area contributed by atoms with E-state index in [0.29, 0.717) is 28.4 Å². The van der Waals surface area contributed by atoms with E-state index in [0.717, 1.165) is 34.4 Å². The van der Waals surface area contributed by atoms with Gasteiger partial charge in [-0.1, -0.05) is 77.3 Å². The summed E-state index contributed by atoms with van der Waals surface area (Å²) in [5.74, 6) is -2.37. The largest absolute Gasteiger partial charge is 0.418 e. The van der Waals surface area contributed by atoms with E-state index in [-0.39, 0.29) is 11.1 Å². The molecule has 0 bridgehead atoms. The summed E-state index contributed by atoms with van der Waals surface area (Å²) in [5, 5.41) is 0. The second kappa shape index (κ2) is 13.8. The van der Waals surface area contributed by atoms with Crippen LogP contribution in [0.2, 0.25) is 0 Å². The Balaban J connectivity index is 0.000000440. The van der Waals surface area contributed by atoms with E-state index in [9.17, 15) is 0 Å². The van der Waals surface area contributed by atoms with Gasteiger partial charge in [-0.2, -0.15) is 0 Å². The van der Waals surface area contributed by atoms with Gasteiger partial charge in [0.1, 0.15) is 45.5 Å². The first-order valence-corrected chi connectivity index (χ1v) is 18.4. The number of fused-ring (bicyclic) bond motifs is 10. The van der Waals surface area contributed by atoms with Crippen molar-refractivity contribution in [3.63, 3.8) is 0 Å². The van der Waals surface area contributed by atoms with Gasteiger partial charge in [0.2, 0.25) is 11.4 Å². The predicted octanol–water partition coefficient (Wildman–Crippen LogP) is 11.4. The highest BCUT2D eigenvalue weighted by molar-refractivity contribution is 5.76. The van der Waals surface area contributed by atoms with Crippen molar-refractivity contribution in [3.05, 3.63) is 130 Å². The smallest absolute Gasteiger partial charge is 0.207 e. The fraction of sp³-hybridized carbons (Fsp3) is 0.364. The summed E-state index contributed by atoms with van der Waals surface area (Å²) in [6, 6.07) is 18.0. The lowest BCUT2D eigenvalue weighted by atomic mass is 9.88. The van der Waals surface area contributed by atoms with Crippen molar-refractivity contribution in [1.29, 1.82) is 0 Å². The first-order valence-electron chi connectivity index (χ1n) is 18.4. The molecular formula is C44H46F4N2+2. The molecule has 6 heteroatoms. The summed E-state index contributed by atoms with van der Waals surface area (Å²) in [5.41, 5.74) is 6.17. The molecule has 3 aromatic carbocycles. The minimum atomic E-state index is -1.44. The minimum Gasteiger partial charge on any atom is -0.207 e. The molecule has 2 aromatic heterocycles. The van der Waals surface area contributed by atoms with Crippen molar-refractivity contribution in [2.75, 3.05) is 0 Å². The zero-order valence-corrected chi connectivity index (χ0v) is 29.6. The molecule has 50 heavy (non-hydrogen) atoms. The summed E-state index contributed by atoms with van der Waals surface area (Å²) in [7, 11) is 0. The van der Waals surface area contributed by atoms with Gasteiger partial charge >= 0.3 is 5.66 Å². The molecule has 258 valence electrons. The fourth-order valence-electron chi connectivity index (χ4n) is 8.88. The number of hydrogen-bond donors (Lipinski definition) is 0. The topological polar surface area (TPSA) is 7.76 Å². The third kappa shape index (κ3) is 5.56. The van der Waals surface area contributed by atoms with Crippen LogP contribution in [-0.4, -0.2) is 0 Å². The van der Waals surface area contributed by atoms with Crippen molar-refractivity contribution in [1.82, 2.24) is 0 Å². The molecular weight excluding hydrogens is 632 g/mol. The van der Waals surface area contributed by atoms with E-state index in [4.69, 9.17) is 0 Å². The Labute approximate surface area is 293 Å². The normalized spacial score (nSPS) is 18.2. The van der Waals surface area contributed by atoms with E-state index in [1.165, 1.54) is 81.9 Å². The molecule has 2 aliphatic heterocycles. The van der Waals surface area contributed by atoms with Crippen LogP contribution in [0.25, 0.3) is 33.6 Å². The molecule has 5 aromatic rings. The van der Waals surface area contributed by atoms with Crippen LogP contribution in [-0.2, 0) is 5.66 Å². The van der Waals surface area contributed by atoms with Crippen LogP contribution in [0.5, 0.6) is 0 Å². The van der Waals surface area contributed by atoms with Gasteiger partial charge in [-0.3, -0.25) is 0 Å². The molecule has 4 aliphatic rings. The Kier molecular flexibility index (Phi) is 9.40. The zero-order chi connectivity index (χ0) is 35.2. The van der Waals surface area contributed by atoms with Gasteiger partial charge in [-0.25, -0.2) is 17.6 Å². The average Bonchev–Trinajstić information content (AvgIpc) is 3.90. The van der Waals surface area contributed by atoms with Crippen LogP contribution in [0.3, 0.4) is 0 Å².